The normalized spacial score (nSPS) is 8.82. The van der Waals surface area contributed by atoms with E-state index in [1.807, 2.05) is 0 Å². The molecule has 1 rings (SSSR count). The van der Waals surface area contributed by atoms with Crippen LogP contribution in [0.15, 0.2) is 17.1 Å². The standard InChI is InChI=1S/C10H12Se/c1-2-3-4-5-7-10-8-6-9-11-10/h6,8-9H,2-4H2,1H3. The number of hydrogen-bond acceptors (Lipinski definition) is 0. The summed E-state index contributed by atoms with van der Waals surface area (Å²) in [6, 6.07) is 4.22. The van der Waals surface area contributed by atoms with E-state index in [-0.39, 0.29) is 0 Å². The predicted molar refractivity (Wildman–Crippen MR) is 49.8 cm³/mol. The van der Waals surface area contributed by atoms with E-state index < -0.39 is 0 Å². The molecule has 11 heavy (non-hydrogen) atoms. The van der Waals surface area contributed by atoms with Crippen molar-refractivity contribution in [3.05, 3.63) is 21.5 Å². The summed E-state index contributed by atoms with van der Waals surface area (Å²) in [6.45, 7) is 2.20. The van der Waals surface area contributed by atoms with Crippen LogP contribution in [-0.2, 0) is 0 Å². The molecule has 0 spiro atoms. The molecule has 1 aromatic heterocycles. The van der Waals surface area contributed by atoms with Gasteiger partial charge in [0.05, 0.1) is 0 Å². The molecule has 1 aromatic rings. The summed E-state index contributed by atoms with van der Waals surface area (Å²) in [5.74, 6) is 6.38. The fourth-order valence-electron chi connectivity index (χ4n) is 0.764. The van der Waals surface area contributed by atoms with Gasteiger partial charge in [0, 0.05) is 0 Å². The molecular formula is C10H12Se. The Labute approximate surface area is 74.4 Å². The van der Waals surface area contributed by atoms with E-state index in [1.165, 1.54) is 17.3 Å². The van der Waals surface area contributed by atoms with Gasteiger partial charge in [0.2, 0.25) is 0 Å². The maximum absolute atomic E-state index is 3.19. The predicted octanol–water partition coefficient (Wildman–Crippen LogP) is 2.29. The molecule has 0 amide bonds. The van der Waals surface area contributed by atoms with Crippen LogP contribution in [0.2, 0.25) is 0 Å². The summed E-state index contributed by atoms with van der Waals surface area (Å²) in [6.07, 6.45) is 3.54. The number of unbranched alkanes of at least 4 members (excludes halogenated alkanes) is 2. The van der Waals surface area contributed by atoms with Crippen molar-refractivity contribution < 1.29 is 0 Å². The van der Waals surface area contributed by atoms with Crippen LogP contribution < -0.4 is 0 Å². The van der Waals surface area contributed by atoms with Crippen molar-refractivity contribution in [2.75, 3.05) is 0 Å². The van der Waals surface area contributed by atoms with E-state index in [4.69, 9.17) is 0 Å². The Balaban J connectivity index is 2.33. The zero-order chi connectivity index (χ0) is 7.94. The van der Waals surface area contributed by atoms with Gasteiger partial charge in [-0.15, -0.1) is 0 Å². The Morgan fingerprint density at radius 3 is 3.09 bits per heavy atom. The minimum absolute atomic E-state index is 0.541. The topological polar surface area (TPSA) is 0 Å². The van der Waals surface area contributed by atoms with Crippen molar-refractivity contribution in [1.29, 1.82) is 0 Å². The molecular weight excluding hydrogens is 199 g/mol. The second kappa shape index (κ2) is 5.24. The van der Waals surface area contributed by atoms with Crippen LogP contribution in [0.25, 0.3) is 0 Å². The first-order valence-corrected chi connectivity index (χ1v) is 5.80. The second-order valence-electron chi connectivity index (χ2n) is 2.38. The van der Waals surface area contributed by atoms with Crippen LogP contribution in [-0.4, -0.2) is 14.5 Å². The summed E-state index contributed by atoms with van der Waals surface area (Å²) >= 11 is 0.541. The van der Waals surface area contributed by atoms with Gasteiger partial charge < -0.3 is 0 Å². The van der Waals surface area contributed by atoms with Crippen molar-refractivity contribution in [1.82, 2.24) is 0 Å². The molecule has 1 heterocycles. The molecule has 0 fully saturated rings. The Kier molecular flexibility index (Phi) is 4.12. The second-order valence-corrected chi connectivity index (χ2v) is 4.37. The van der Waals surface area contributed by atoms with Gasteiger partial charge in [-0.3, -0.25) is 0 Å². The first-order valence-electron chi connectivity index (χ1n) is 3.96. The molecule has 0 aliphatic rings. The quantitative estimate of drug-likeness (QED) is 0.400. The molecule has 0 atom stereocenters. The number of rotatable bonds is 2. The van der Waals surface area contributed by atoms with Gasteiger partial charge in [0.25, 0.3) is 0 Å². The van der Waals surface area contributed by atoms with Crippen molar-refractivity contribution in [2.45, 2.75) is 26.2 Å². The van der Waals surface area contributed by atoms with E-state index >= 15 is 0 Å². The zero-order valence-electron chi connectivity index (χ0n) is 6.76. The maximum atomic E-state index is 3.19. The van der Waals surface area contributed by atoms with Gasteiger partial charge >= 0.3 is 74.0 Å². The van der Waals surface area contributed by atoms with Crippen LogP contribution >= 0.6 is 0 Å². The third-order valence-electron chi connectivity index (χ3n) is 1.39. The Morgan fingerprint density at radius 1 is 1.55 bits per heavy atom. The average Bonchev–Trinajstić information content (AvgIpc) is 2.50. The van der Waals surface area contributed by atoms with Gasteiger partial charge in [-0.2, -0.15) is 0 Å². The van der Waals surface area contributed by atoms with Gasteiger partial charge in [0.15, 0.2) is 0 Å². The fraction of sp³-hybridized carbons (Fsp3) is 0.400. The summed E-state index contributed by atoms with van der Waals surface area (Å²) in [4.78, 5) is 2.21. The summed E-state index contributed by atoms with van der Waals surface area (Å²) in [5, 5.41) is 0. The Hall–Kier alpha value is -0.441. The molecule has 1 heteroatoms. The van der Waals surface area contributed by atoms with Gasteiger partial charge in [-0.05, 0) is 0 Å². The summed E-state index contributed by atoms with van der Waals surface area (Å²) in [5.41, 5.74) is 0. The van der Waals surface area contributed by atoms with Crippen LogP contribution in [0.5, 0.6) is 0 Å². The van der Waals surface area contributed by atoms with Gasteiger partial charge in [0.1, 0.15) is 0 Å². The van der Waals surface area contributed by atoms with E-state index in [0.29, 0.717) is 14.5 Å². The molecule has 0 nitrogen and oxygen atoms in total. The first kappa shape index (κ1) is 8.65. The minimum atomic E-state index is 0.541. The molecule has 0 unspecified atom stereocenters. The van der Waals surface area contributed by atoms with E-state index in [0.717, 1.165) is 6.42 Å². The first-order chi connectivity index (χ1) is 5.43. The Bertz CT molecular complexity index is 236. The van der Waals surface area contributed by atoms with E-state index in [1.54, 1.807) is 0 Å². The molecule has 0 N–H and O–H groups in total. The van der Waals surface area contributed by atoms with Crippen LogP contribution in [0.3, 0.4) is 0 Å². The SMILES string of the molecule is CCCCC#Cc1ccc[se]1. The van der Waals surface area contributed by atoms with Crippen molar-refractivity contribution in [3.8, 4) is 11.8 Å². The summed E-state index contributed by atoms with van der Waals surface area (Å²) < 4.78 is 1.33. The third kappa shape index (κ3) is 3.46. The van der Waals surface area contributed by atoms with E-state index in [2.05, 4.69) is 35.8 Å². The van der Waals surface area contributed by atoms with Crippen LogP contribution in [0, 0.1) is 11.8 Å². The number of hydrogen-bond donors (Lipinski definition) is 0. The molecule has 58 valence electrons. The molecule has 0 radical (unpaired) electrons. The van der Waals surface area contributed by atoms with E-state index in [9.17, 15) is 0 Å². The van der Waals surface area contributed by atoms with Crippen molar-refractivity contribution >= 4 is 14.5 Å². The Morgan fingerprint density at radius 2 is 2.45 bits per heavy atom. The molecule has 0 saturated heterocycles. The molecule has 0 saturated carbocycles. The van der Waals surface area contributed by atoms with Gasteiger partial charge in [-0.1, -0.05) is 0 Å². The van der Waals surface area contributed by atoms with Gasteiger partial charge in [-0.25, -0.2) is 0 Å². The van der Waals surface area contributed by atoms with Crippen LogP contribution in [0.1, 0.15) is 30.6 Å². The monoisotopic (exact) mass is 212 g/mol. The fourth-order valence-corrected chi connectivity index (χ4v) is 2.01. The summed E-state index contributed by atoms with van der Waals surface area (Å²) in [7, 11) is 0. The molecule has 0 aliphatic heterocycles. The molecule has 0 aromatic carbocycles. The molecule has 0 aliphatic carbocycles. The van der Waals surface area contributed by atoms with Crippen molar-refractivity contribution in [3.63, 3.8) is 0 Å². The van der Waals surface area contributed by atoms with Crippen LogP contribution in [0.4, 0.5) is 0 Å². The zero-order valence-corrected chi connectivity index (χ0v) is 8.47. The third-order valence-corrected chi connectivity index (χ3v) is 3.04. The molecule has 0 bridgehead atoms. The van der Waals surface area contributed by atoms with Crippen molar-refractivity contribution in [2.24, 2.45) is 0 Å². The average molecular weight is 211 g/mol.